The molecule has 4 fully saturated rings. The summed E-state index contributed by atoms with van der Waals surface area (Å²) in [5.74, 6) is 1.09. The van der Waals surface area contributed by atoms with Crippen molar-refractivity contribution >= 4 is 5.91 Å². The van der Waals surface area contributed by atoms with E-state index in [1.54, 1.807) is 4.90 Å². The molecule has 2 aliphatic carbocycles. The van der Waals surface area contributed by atoms with Gasteiger partial charge in [-0.25, -0.2) is 4.90 Å². The summed E-state index contributed by atoms with van der Waals surface area (Å²) in [4.78, 5) is 21.7. The third-order valence-corrected chi connectivity index (χ3v) is 6.61. The first-order valence-corrected chi connectivity index (χ1v) is 9.66. The van der Waals surface area contributed by atoms with Crippen molar-refractivity contribution in [2.45, 2.75) is 57.7 Å². The van der Waals surface area contributed by atoms with Crippen LogP contribution in [0, 0.1) is 17.3 Å². The summed E-state index contributed by atoms with van der Waals surface area (Å²) < 4.78 is 0. The van der Waals surface area contributed by atoms with Gasteiger partial charge in [0.05, 0.1) is 12.8 Å². The van der Waals surface area contributed by atoms with E-state index < -0.39 is 18.6 Å². The Hall–Kier alpha value is -0.770. The summed E-state index contributed by atoms with van der Waals surface area (Å²) in [7, 11) is 0. The lowest BCUT2D eigenvalue weighted by atomic mass is 10.1. The molecule has 0 aromatic carbocycles. The molecule has 8 heteroatoms. The van der Waals surface area contributed by atoms with Crippen molar-refractivity contribution < 1.29 is 14.7 Å². The molecule has 0 aromatic rings. The van der Waals surface area contributed by atoms with E-state index in [9.17, 15) is 9.90 Å². The topological polar surface area (TPSA) is 103 Å². The third-order valence-electron chi connectivity index (χ3n) is 6.61. The van der Waals surface area contributed by atoms with Crippen LogP contribution in [0.5, 0.6) is 0 Å². The summed E-state index contributed by atoms with van der Waals surface area (Å²) in [6.45, 7) is 6.83. The van der Waals surface area contributed by atoms with Crippen LogP contribution >= 0.6 is 0 Å². The number of hydrogen-bond donors (Lipinski definition) is 4. The second-order valence-corrected chi connectivity index (χ2v) is 8.02. The van der Waals surface area contributed by atoms with Crippen LogP contribution in [-0.2, 0) is 9.63 Å². The van der Waals surface area contributed by atoms with Gasteiger partial charge in [-0.1, -0.05) is 13.8 Å². The number of aliphatic hydroxyl groups excluding tert-OH is 1. The maximum Gasteiger partial charge on any atom is 0.245 e. The number of rotatable bonds is 7. The molecular weight excluding hydrogens is 322 g/mol. The van der Waals surface area contributed by atoms with Crippen molar-refractivity contribution in [2.75, 3.05) is 26.2 Å². The van der Waals surface area contributed by atoms with Crippen LogP contribution < -0.4 is 16.5 Å². The van der Waals surface area contributed by atoms with Crippen LogP contribution in [0.3, 0.4) is 0 Å². The van der Waals surface area contributed by atoms with Crippen molar-refractivity contribution in [2.24, 2.45) is 23.0 Å². The average Bonchev–Trinajstić information content (AvgIpc) is 3.47. The van der Waals surface area contributed by atoms with Crippen molar-refractivity contribution in [3.8, 4) is 0 Å². The molecule has 2 heterocycles. The smallest absolute Gasteiger partial charge is 0.245 e. The van der Waals surface area contributed by atoms with E-state index in [4.69, 9.17) is 10.6 Å². The molecular formula is C17H31N5O3. The Kier molecular flexibility index (Phi) is 4.54. The van der Waals surface area contributed by atoms with Crippen LogP contribution in [0.2, 0.25) is 0 Å². The Balaban J connectivity index is 1.42. The summed E-state index contributed by atoms with van der Waals surface area (Å²) in [5.41, 5.74) is 9.91. The zero-order chi connectivity index (χ0) is 17.8. The molecule has 0 radical (unpaired) electrons. The largest absolute Gasteiger partial charge is 0.361 e. The molecule has 4 aliphatic rings. The number of hydroxylamine groups is 1. The van der Waals surface area contributed by atoms with Gasteiger partial charge in [0.15, 0.2) is 6.35 Å². The highest BCUT2D eigenvalue weighted by Gasteiger charge is 2.79. The Morgan fingerprint density at radius 2 is 2.16 bits per heavy atom. The monoisotopic (exact) mass is 353 g/mol. The summed E-state index contributed by atoms with van der Waals surface area (Å²) >= 11 is 0. The highest BCUT2D eigenvalue weighted by Crippen LogP contribution is 2.75. The molecule has 2 aliphatic heterocycles. The van der Waals surface area contributed by atoms with E-state index in [0.29, 0.717) is 36.4 Å². The van der Waals surface area contributed by atoms with Gasteiger partial charge in [-0.2, -0.15) is 5.48 Å². The molecule has 1 spiro atoms. The minimum Gasteiger partial charge on any atom is -0.361 e. The first-order chi connectivity index (χ1) is 12.1. The van der Waals surface area contributed by atoms with Gasteiger partial charge < -0.3 is 25.9 Å². The van der Waals surface area contributed by atoms with Crippen LogP contribution in [0.4, 0.5) is 0 Å². The van der Waals surface area contributed by atoms with Gasteiger partial charge in [0.1, 0.15) is 6.04 Å². The molecule has 25 heavy (non-hydrogen) atoms. The van der Waals surface area contributed by atoms with Crippen molar-refractivity contribution in [3.63, 3.8) is 0 Å². The first kappa shape index (κ1) is 17.6. The van der Waals surface area contributed by atoms with Crippen LogP contribution in [-0.4, -0.2) is 71.7 Å². The fraction of sp³-hybridized carbons (Fsp3) is 0.941. The molecule has 7 atom stereocenters. The van der Waals surface area contributed by atoms with Crippen molar-refractivity contribution in [3.05, 3.63) is 0 Å². The molecule has 4 rings (SSSR count). The van der Waals surface area contributed by atoms with Gasteiger partial charge in [0, 0.05) is 25.7 Å². The number of nitrogens with zero attached hydrogens (tertiary/aromatic N) is 2. The number of nitrogens with two attached hydrogens (primary N) is 1. The number of hydrogen-bond acceptors (Lipinski definition) is 7. The molecule has 0 aromatic heterocycles. The van der Waals surface area contributed by atoms with Crippen LogP contribution in [0.1, 0.15) is 33.1 Å². The number of nitrogens with one attached hydrogen (secondary N) is 2. The average molecular weight is 353 g/mol. The van der Waals surface area contributed by atoms with E-state index in [2.05, 4.69) is 17.7 Å². The molecule has 142 valence electrons. The first-order valence-electron chi connectivity index (χ1n) is 9.66. The SMILES string of the molecule is CCCN1C(=O)C(NCC2C3NOCC4C[C@]423)C(N)N(CCC)C1O. The molecule has 2 saturated heterocycles. The summed E-state index contributed by atoms with van der Waals surface area (Å²) in [6.07, 6.45) is 1.48. The Morgan fingerprint density at radius 3 is 2.84 bits per heavy atom. The van der Waals surface area contributed by atoms with E-state index in [1.165, 1.54) is 6.42 Å². The minimum absolute atomic E-state index is 0.0909. The van der Waals surface area contributed by atoms with Gasteiger partial charge in [0.2, 0.25) is 5.91 Å². The second-order valence-electron chi connectivity index (χ2n) is 8.02. The number of carbonyl (C=O) groups excluding carboxylic acids is 1. The molecule has 1 amide bonds. The van der Waals surface area contributed by atoms with E-state index >= 15 is 0 Å². The lowest BCUT2D eigenvalue weighted by Gasteiger charge is -2.47. The molecule has 8 nitrogen and oxygen atoms in total. The second kappa shape index (κ2) is 6.44. The van der Waals surface area contributed by atoms with Gasteiger partial charge >= 0.3 is 0 Å². The van der Waals surface area contributed by atoms with Gasteiger partial charge in [0.25, 0.3) is 0 Å². The fourth-order valence-electron chi connectivity index (χ4n) is 5.11. The highest BCUT2D eigenvalue weighted by molar-refractivity contribution is 5.83. The standard InChI is InChI=1S/C17H31N5O3/c1-3-5-21-14(18)12(15(23)22(6-4-2)16(21)24)19-8-11-13-17(11)7-10(17)9-25-20-13/h10-14,16,19-20,24H,3-9,18H2,1-2H3/t10?,11?,12?,13?,14?,16?,17-/m0/s1. The number of carbonyl (C=O) groups is 1. The van der Waals surface area contributed by atoms with Crippen LogP contribution in [0.25, 0.3) is 0 Å². The van der Waals surface area contributed by atoms with Gasteiger partial charge in [-0.3, -0.25) is 4.79 Å². The number of amides is 1. The lowest BCUT2D eigenvalue weighted by Crippen LogP contribution is -2.73. The Morgan fingerprint density at radius 1 is 1.40 bits per heavy atom. The molecule has 5 N–H and O–H groups in total. The molecule has 2 saturated carbocycles. The summed E-state index contributed by atoms with van der Waals surface area (Å²) in [5, 5.41) is 14.0. The predicted molar refractivity (Wildman–Crippen MR) is 91.7 cm³/mol. The van der Waals surface area contributed by atoms with Crippen molar-refractivity contribution in [1.82, 2.24) is 20.6 Å². The van der Waals surface area contributed by atoms with E-state index in [1.807, 2.05) is 11.8 Å². The van der Waals surface area contributed by atoms with Crippen LogP contribution in [0.15, 0.2) is 0 Å². The minimum atomic E-state index is -0.926. The summed E-state index contributed by atoms with van der Waals surface area (Å²) in [6, 6.07) is -0.0589. The quantitative estimate of drug-likeness (QED) is 0.466. The lowest BCUT2D eigenvalue weighted by molar-refractivity contribution is -0.186. The maximum absolute atomic E-state index is 12.9. The normalized spacial score (nSPS) is 45.9. The Labute approximate surface area is 149 Å². The number of aliphatic hydroxyl groups is 1. The zero-order valence-electron chi connectivity index (χ0n) is 15.1. The maximum atomic E-state index is 12.9. The van der Waals surface area contributed by atoms with Gasteiger partial charge in [-0.05, 0) is 36.5 Å². The molecule has 0 bridgehead atoms. The molecule has 6 unspecified atom stereocenters. The van der Waals surface area contributed by atoms with Crippen molar-refractivity contribution in [1.29, 1.82) is 0 Å². The van der Waals surface area contributed by atoms with E-state index in [-0.39, 0.29) is 5.91 Å². The van der Waals surface area contributed by atoms with Gasteiger partial charge in [-0.15, -0.1) is 0 Å². The zero-order valence-corrected chi connectivity index (χ0v) is 15.1. The Bertz CT molecular complexity index is 534. The third kappa shape index (κ3) is 2.62. The highest BCUT2D eigenvalue weighted by atomic mass is 16.6. The predicted octanol–water partition coefficient (Wildman–Crippen LogP) is -0.991. The van der Waals surface area contributed by atoms with E-state index in [0.717, 1.165) is 26.0 Å². The fourth-order valence-corrected chi connectivity index (χ4v) is 5.11.